The van der Waals surface area contributed by atoms with Gasteiger partial charge in [-0.25, -0.2) is 0 Å². The third-order valence-electron chi connectivity index (χ3n) is 3.49. The van der Waals surface area contributed by atoms with Gasteiger partial charge >= 0.3 is 0 Å². The van der Waals surface area contributed by atoms with Crippen molar-refractivity contribution in [3.8, 4) is 0 Å². The second kappa shape index (κ2) is 4.56. The van der Waals surface area contributed by atoms with Gasteiger partial charge in [0.05, 0.1) is 21.4 Å². The van der Waals surface area contributed by atoms with Crippen molar-refractivity contribution in [1.29, 1.82) is 0 Å². The van der Waals surface area contributed by atoms with Crippen LogP contribution >= 0.6 is 23.2 Å². The van der Waals surface area contributed by atoms with Gasteiger partial charge in [-0.2, -0.15) is 0 Å². The third kappa shape index (κ3) is 2.07. The lowest BCUT2D eigenvalue weighted by atomic mass is 10.1. The van der Waals surface area contributed by atoms with Crippen molar-refractivity contribution in [2.45, 2.75) is 12.5 Å². The molecule has 17 heavy (non-hydrogen) atoms. The zero-order valence-corrected chi connectivity index (χ0v) is 11.0. The second-order valence-corrected chi connectivity index (χ2v) is 5.36. The van der Waals surface area contributed by atoms with Crippen LogP contribution in [-0.2, 0) is 0 Å². The molecule has 0 radical (unpaired) electrons. The van der Waals surface area contributed by atoms with Crippen LogP contribution in [0.4, 0.5) is 11.4 Å². The van der Waals surface area contributed by atoms with Gasteiger partial charge < -0.3 is 15.5 Å². The number of nitrogens with one attached hydrogen (secondary N) is 2. The van der Waals surface area contributed by atoms with E-state index in [0.717, 1.165) is 38.3 Å². The van der Waals surface area contributed by atoms with Gasteiger partial charge in [0.25, 0.3) is 0 Å². The molecule has 0 unspecified atom stereocenters. The van der Waals surface area contributed by atoms with Crippen molar-refractivity contribution in [3.05, 3.63) is 22.2 Å². The van der Waals surface area contributed by atoms with Gasteiger partial charge in [0.2, 0.25) is 0 Å². The van der Waals surface area contributed by atoms with Crippen LogP contribution < -0.4 is 15.5 Å². The fraction of sp³-hybridized carbons (Fsp3) is 0.500. The topological polar surface area (TPSA) is 27.3 Å². The highest BCUT2D eigenvalue weighted by Crippen LogP contribution is 2.37. The van der Waals surface area contributed by atoms with Crippen molar-refractivity contribution in [2.75, 3.05) is 36.4 Å². The van der Waals surface area contributed by atoms with Crippen LogP contribution in [-0.4, -0.2) is 32.2 Å². The van der Waals surface area contributed by atoms with E-state index in [1.54, 1.807) is 0 Å². The molecule has 92 valence electrons. The lowest BCUT2D eigenvalue weighted by Gasteiger charge is -2.37. The molecule has 1 fully saturated rings. The van der Waals surface area contributed by atoms with E-state index in [2.05, 4.69) is 15.5 Å². The third-order valence-corrected chi connectivity index (χ3v) is 4.21. The molecule has 0 saturated carbocycles. The number of piperazine rings is 1. The molecule has 1 saturated heterocycles. The molecular formula is C12H15Cl2N3. The molecular weight excluding hydrogens is 257 g/mol. The van der Waals surface area contributed by atoms with E-state index in [4.69, 9.17) is 23.2 Å². The first-order valence-electron chi connectivity index (χ1n) is 5.96. The Kier molecular flexibility index (Phi) is 3.07. The normalized spacial score (nSPS) is 23.4. The summed E-state index contributed by atoms with van der Waals surface area (Å²) in [6, 6.07) is 4.47. The lowest BCUT2D eigenvalue weighted by Crippen LogP contribution is -2.51. The predicted molar refractivity (Wildman–Crippen MR) is 73.6 cm³/mol. The van der Waals surface area contributed by atoms with Crippen LogP contribution in [0, 0.1) is 0 Å². The Balaban J connectivity index is 2.05. The highest BCUT2D eigenvalue weighted by molar-refractivity contribution is 6.42. The Hall–Kier alpha value is -0.640. The van der Waals surface area contributed by atoms with Crippen molar-refractivity contribution >= 4 is 34.6 Å². The predicted octanol–water partition coefficient (Wildman–Crippen LogP) is 2.59. The molecule has 3 nitrogen and oxygen atoms in total. The quantitative estimate of drug-likeness (QED) is 0.760. The van der Waals surface area contributed by atoms with Crippen LogP contribution in [0.2, 0.25) is 10.0 Å². The molecule has 3 rings (SSSR count). The Morgan fingerprint density at radius 2 is 2.00 bits per heavy atom. The maximum absolute atomic E-state index is 6.13. The van der Waals surface area contributed by atoms with Gasteiger partial charge in [-0.3, -0.25) is 0 Å². The number of hydrogen-bond acceptors (Lipinski definition) is 3. The molecule has 1 aromatic rings. The molecule has 2 aliphatic heterocycles. The van der Waals surface area contributed by atoms with Gasteiger partial charge in [0, 0.05) is 32.2 Å². The number of fused-ring (bicyclic) bond motifs is 3. The molecule has 0 bridgehead atoms. The van der Waals surface area contributed by atoms with Crippen LogP contribution in [0.5, 0.6) is 0 Å². The zero-order valence-electron chi connectivity index (χ0n) is 9.47. The van der Waals surface area contributed by atoms with E-state index in [0.29, 0.717) is 16.1 Å². The first kappa shape index (κ1) is 11.5. The van der Waals surface area contributed by atoms with Crippen molar-refractivity contribution in [1.82, 2.24) is 5.32 Å². The SMILES string of the molecule is Clc1cc2c(cc1Cl)N1CCNC[C@@H]1CCN2. The van der Waals surface area contributed by atoms with E-state index in [1.807, 2.05) is 12.1 Å². The molecule has 2 N–H and O–H groups in total. The molecule has 0 spiro atoms. The molecule has 2 heterocycles. The van der Waals surface area contributed by atoms with Gasteiger partial charge in [-0.05, 0) is 18.6 Å². The number of nitrogens with zero attached hydrogens (tertiary/aromatic N) is 1. The van der Waals surface area contributed by atoms with Crippen LogP contribution in [0.15, 0.2) is 12.1 Å². The molecule has 5 heteroatoms. The number of anilines is 2. The summed E-state index contributed by atoms with van der Waals surface area (Å²) >= 11 is 12.2. The Bertz CT molecular complexity index is 436. The largest absolute Gasteiger partial charge is 0.383 e. The zero-order chi connectivity index (χ0) is 11.8. The average molecular weight is 272 g/mol. The second-order valence-electron chi connectivity index (χ2n) is 4.55. The van der Waals surface area contributed by atoms with Crippen molar-refractivity contribution in [2.24, 2.45) is 0 Å². The standard InChI is InChI=1S/C12H15Cl2N3/c13-9-5-11-12(6-10(9)14)17-4-3-15-7-8(17)1-2-16-11/h5-6,8,15-16H,1-4,7H2/t8-/m0/s1. The van der Waals surface area contributed by atoms with E-state index in [1.165, 1.54) is 5.69 Å². The maximum atomic E-state index is 6.13. The summed E-state index contributed by atoms with van der Waals surface area (Å²) < 4.78 is 0. The molecule has 1 atom stereocenters. The highest BCUT2D eigenvalue weighted by atomic mass is 35.5. The average Bonchev–Trinajstić information content (AvgIpc) is 2.50. The molecule has 0 aromatic heterocycles. The molecule has 2 aliphatic rings. The van der Waals surface area contributed by atoms with Gasteiger partial charge in [0.15, 0.2) is 0 Å². The van der Waals surface area contributed by atoms with Gasteiger partial charge in [0.1, 0.15) is 0 Å². The maximum Gasteiger partial charge on any atom is 0.0621 e. The fourth-order valence-electron chi connectivity index (χ4n) is 2.62. The lowest BCUT2D eigenvalue weighted by molar-refractivity contribution is 0.466. The minimum Gasteiger partial charge on any atom is -0.383 e. The summed E-state index contributed by atoms with van der Waals surface area (Å²) in [5.74, 6) is 0. The minimum atomic E-state index is 0.551. The summed E-state index contributed by atoms with van der Waals surface area (Å²) in [6.07, 6.45) is 1.14. The summed E-state index contributed by atoms with van der Waals surface area (Å²) in [7, 11) is 0. The van der Waals surface area contributed by atoms with E-state index in [9.17, 15) is 0 Å². The number of halogens is 2. The van der Waals surface area contributed by atoms with E-state index in [-0.39, 0.29) is 0 Å². The van der Waals surface area contributed by atoms with E-state index < -0.39 is 0 Å². The van der Waals surface area contributed by atoms with Gasteiger partial charge in [-0.15, -0.1) is 0 Å². The summed E-state index contributed by atoms with van der Waals surface area (Å²) in [6.45, 7) is 4.07. The highest BCUT2D eigenvalue weighted by Gasteiger charge is 2.27. The van der Waals surface area contributed by atoms with Crippen molar-refractivity contribution in [3.63, 3.8) is 0 Å². The fourth-order valence-corrected chi connectivity index (χ4v) is 2.95. The number of benzene rings is 1. The minimum absolute atomic E-state index is 0.551. The molecule has 0 aliphatic carbocycles. The smallest absolute Gasteiger partial charge is 0.0621 e. The monoisotopic (exact) mass is 271 g/mol. The Morgan fingerprint density at radius 1 is 1.18 bits per heavy atom. The Labute approximate surface area is 111 Å². The van der Waals surface area contributed by atoms with E-state index >= 15 is 0 Å². The van der Waals surface area contributed by atoms with Gasteiger partial charge in [-0.1, -0.05) is 23.2 Å². The molecule has 1 aromatic carbocycles. The summed E-state index contributed by atoms with van der Waals surface area (Å²) in [4.78, 5) is 2.44. The van der Waals surface area contributed by atoms with Crippen LogP contribution in [0.1, 0.15) is 6.42 Å². The summed E-state index contributed by atoms with van der Waals surface area (Å²) in [5, 5.41) is 8.13. The first-order chi connectivity index (χ1) is 8.25. The van der Waals surface area contributed by atoms with Crippen molar-refractivity contribution < 1.29 is 0 Å². The number of hydrogen-bond donors (Lipinski definition) is 2. The summed E-state index contributed by atoms with van der Waals surface area (Å²) in [5.41, 5.74) is 2.28. The number of rotatable bonds is 0. The molecule has 0 amide bonds. The first-order valence-corrected chi connectivity index (χ1v) is 6.71. The van der Waals surface area contributed by atoms with Crippen LogP contribution in [0.25, 0.3) is 0 Å². The van der Waals surface area contributed by atoms with Crippen LogP contribution in [0.3, 0.4) is 0 Å². The Morgan fingerprint density at radius 3 is 2.88 bits per heavy atom.